The highest BCUT2D eigenvalue weighted by molar-refractivity contribution is 5.81. The Hall–Kier alpha value is -1.97. The van der Waals surface area contributed by atoms with Crippen LogP contribution in [0, 0.1) is 16.0 Å². The molecule has 0 saturated carbocycles. The van der Waals surface area contributed by atoms with Gasteiger partial charge in [0.1, 0.15) is 5.78 Å². The van der Waals surface area contributed by atoms with Gasteiger partial charge in [0.25, 0.3) is 5.69 Å². The first-order valence-electron chi connectivity index (χ1n) is 8.98. The van der Waals surface area contributed by atoms with Crippen LogP contribution in [0.1, 0.15) is 66.4 Å². The summed E-state index contributed by atoms with van der Waals surface area (Å²) < 4.78 is 0. The first-order valence-corrected chi connectivity index (χ1v) is 8.98. The van der Waals surface area contributed by atoms with Gasteiger partial charge in [0.05, 0.1) is 4.92 Å². The van der Waals surface area contributed by atoms with E-state index in [-0.39, 0.29) is 11.5 Å². The van der Waals surface area contributed by atoms with Crippen LogP contribution in [0.2, 0.25) is 0 Å². The van der Waals surface area contributed by atoms with Crippen molar-refractivity contribution in [2.75, 3.05) is 0 Å². The molecule has 0 saturated heterocycles. The summed E-state index contributed by atoms with van der Waals surface area (Å²) in [5, 5.41) is 10.6. The smallest absolute Gasteiger partial charge is 0.269 e. The average Bonchev–Trinajstić information content (AvgIpc) is 2.62. The van der Waals surface area contributed by atoms with Crippen LogP contribution in [0.4, 0.5) is 5.69 Å². The molecule has 1 unspecified atom stereocenters. The summed E-state index contributed by atoms with van der Waals surface area (Å²) in [5.74, 6) is 0.465. The number of Topliss-reactive ketones (excluding diaryl/α,β-unsaturated/α-hetero) is 1. The second kappa shape index (κ2) is 15.9. The Morgan fingerprint density at radius 1 is 1.12 bits per heavy atom. The third-order valence-electron chi connectivity index (χ3n) is 3.21. The first kappa shape index (κ1) is 24.3. The van der Waals surface area contributed by atoms with E-state index in [2.05, 4.69) is 26.0 Å². The van der Waals surface area contributed by atoms with Gasteiger partial charge in [-0.25, -0.2) is 0 Å². The zero-order valence-corrected chi connectivity index (χ0v) is 16.0. The summed E-state index contributed by atoms with van der Waals surface area (Å²) in [5.41, 5.74) is 0.883. The van der Waals surface area contributed by atoms with Gasteiger partial charge in [-0.1, -0.05) is 65.8 Å². The lowest BCUT2D eigenvalue weighted by Gasteiger charge is -2.09. The first-order chi connectivity index (χ1) is 11.6. The predicted octanol–water partition coefficient (Wildman–Crippen LogP) is 6.14. The molecule has 0 aliphatic heterocycles. The van der Waals surface area contributed by atoms with Crippen LogP contribution in [0.15, 0.2) is 36.4 Å². The van der Waals surface area contributed by atoms with E-state index in [9.17, 15) is 14.9 Å². The van der Waals surface area contributed by atoms with E-state index in [1.165, 1.54) is 12.1 Å². The number of benzene rings is 1. The van der Waals surface area contributed by atoms with Crippen LogP contribution < -0.4 is 0 Å². The Kier molecular flexibility index (Phi) is 16.1. The average molecular weight is 335 g/mol. The molecule has 136 valence electrons. The molecule has 0 aliphatic carbocycles. The molecule has 0 N–H and O–H groups in total. The number of nitro benzene ring substituents is 1. The largest absolute Gasteiger partial charge is 0.299 e. The summed E-state index contributed by atoms with van der Waals surface area (Å²) in [4.78, 5) is 22.1. The second-order valence-corrected chi connectivity index (χ2v) is 4.85. The number of hydrogen-bond donors (Lipinski definition) is 0. The van der Waals surface area contributed by atoms with Crippen molar-refractivity contribution in [2.24, 2.45) is 5.92 Å². The second-order valence-electron chi connectivity index (χ2n) is 4.85. The molecule has 1 aromatic carbocycles. The molecule has 0 aromatic heterocycles. The zero-order valence-electron chi connectivity index (χ0n) is 16.0. The van der Waals surface area contributed by atoms with Gasteiger partial charge in [-0.15, -0.1) is 0 Å². The van der Waals surface area contributed by atoms with Crippen LogP contribution in [0.5, 0.6) is 0 Å². The Morgan fingerprint density at radius 3 is 2.08 bits per heavy atom. The molecule has 1 rings (SSSR count). The Labute approximate surface area is 147 Å². The Balaban J connectivity index is 0. The van der Waals surface area contributed by atoms with E-state index >= 15 is 0 Å². The zero-order chi connectivity index (χ0) is 19.0. The minimum Gasteiger partial charge on any atom is -0.299 e. The van der Waals surface area contributed by atoms with Crippen molar-refractivity contribution in [1.29, 1.82) is 0 Å². The van der Waals surface area contributed by atoms with E-state index in [1.54, 1.807) is 12.1 Å². The number of carbonyl (C=O) groups is 1. The molecule has 0 spiro atoms. The molecule has 1 atom stereocenters. The van der Waals surface area contributed by atoms with Crippen molar-refractivity contribution < 1.29 is 9.72 Å². The summed E-state index contributed by atoms with van der Waals surface area (Å²) in [6, 6.07) is 6.19. The summed E-state index contributed by atoms with van der Waals surface area (Å²) in [6.45, 7) is 12.1. The number of carbonyl (C=O) groups excluding carboxylic acids is 1. The minimum atomic E-state index is -0.436. The highest BCUT2D eigenvalue weighted by Gasteiger charge is 2.11. The van der Waals surface area contributed by atoms with Crippen molar-refractivity contribution in [2.45, 2.75) is 67.2 Å². The normalized spacial score (nSPS) is 10.9. The van der Waals surface area contributed by atoms with Crippen molar-refractivity contribution >= 4 is 11.5 Å². The molecule has 0 fully saturated rings. The summed E-state index contributed by atoms with van der Waals surface area (Å²) in [7, 11) is 0. The molecule has 1 aromatic rings. The van der Waals surface area contributed by atoms with E-state index < -0.39 is 4.92 Å². The number of ketones is 1. The quantitative estimate of drug-likeness (QED) is 0.325. The number of nitro groups is 1. The van der Waals surface area contributed by atoms with Crippen LogP contribution in [-0.2, 0) is 11.2 Å². The van der Waals surface area contributed by atoms with Gasteiger partial charge in [-0.3, -0.25) is 14.9 Å². The Morgan fingerprint density at radius 2 is 1.67 bits per heavy atom. The highest BCUT2D eigenvalue weighted by atomic mass is 16.6. The van der Waals surface area contributed by atoms with Gasteiger partial charge in [-0.2, -0.15) is 0 Å². The number of nitrogens with zero attached hydrogens (tertiary/aromatic N) is 1. The third kappa shape index (κ3) is 10.7. The monoisotopic (exact) mass is 335 g/mol. The molecule has 24 heavy (non-hydrogen) atoms. The van der Waals surface area contributed by atoms with E-state index in [1.807, 2.05) is 27.7 Å². The molecule has 0 bridgehead atoms. The molecular weight excluding hydrogens is 302 g/mol. The van der Waals surface area contributed by atoms with Gasteiger partial charge >= 0.3 is 0 Å². The van der Waals surface area contributed by atoms with Crippen LogP contribution in [-0.4, -0.2) is 10.7 Å². The van der Waals surface area contributed by atoms with E-state index in [0.717, 1.165) is 18.4 Å². The van der Waals surface area contributed by atoms with Gasteiger partial charge in [0, 0.05) is 25.0 Å². The molecule has 0 amide bonds. The Bertz CT molecular complexity index is 478. The van der Waals surface area contributed by atoms with Crippen molar-refractivity contribution in [3.05, 3.63) is 52.1 Å². The van der Waals surface area contributed by atoms with Crippen LogP contribution >= 0.6 is 0 Å². The number of hydrogen-bond acceptors (Lipinski definition) is 3. The van der Waals surface area contributed by atoms with Gasteiger partial charge in [0.2, 0.25) is 0 Å². The lowest BCUT2D eigenvalue weighted by Crippen LogP contribution is -2.08. The fourth-order valence-corrected chi connectivity index (χ4v) is 2.00. The van der Waals surface area contributed by atoms with Crippen molar-refractivity contribution in [3.63, 3.8) is 0 Å². The fourth-order valence-electron chi connectivity index (χ4n) is 2.00. The van der Waals surface area contributed by atoms with Gasteiger partial charge in [0.15, 0.2) is 0 Å². The third-order valence-corrected chi connectivity index (χ3v) is 3.21. The fraction of sp³-hybridized carbons (Fsp3) is 0.550. The molecule has 0 aliphatic rings. The van der Waals surface area contributed by atoms with E-state index in [0.29, 0.717) is 18.8 Å². The summed E-state index contributed by atoms with van der Waals surface area (Å²) >= 11 is 0. The maximum atomic E-state index is 12.0. The van der Waals surface area contributed by atoms with Crippen molar-refractivity contribution in [1.82, 2.24) is 0 Å². The standard InChI is InChI=1S/C16H21NO3.2C2H6/c1-3-5-6-13(4-2)11-16(18)12-14-7-9-15(10-8-14)17(19)20;2*1-2/h5-10,13H,3-4,11-12H2,1-2H3;2*1-2H3/b6-5+;;. The van der Waals surface area contributed by atoms with Gasteiger partial charge < -0.3 is 0 Å². The molecular formula is C20H33NO3. The molecule has 0 radical (unpaired) electrons. The highest BCUT2D eigenvalue weighted by Crippen LogP contribution is 2.16. The molecule has 0 heterocycles. The SMILES string of the molecule is CC.CC.CC/C=C/C(CC)CC(=O)Cc1ccc([N+](=O)[O-])cc1. The molecule has 4 heteroatoms. The maximum absolute atomic E-state index is 12.0. The maximum Gasteiger partial charge on any atom is 0.269 e. The molecule has 4 nitrogen and oxygen atoms in total. The van der Waals surface area contributed by atoms with Crippen molar-refractivity contribution in [3.8, 4) is 0 Å². The van der Waals surface area contributed by atoms with Crippen LogP contribution in [0.3, 0.4) is 0 Å². The summed E-state index contributed by atoms with van der Waals surface area (Å²) in [6.07, 6.45) is 7.00. The number of allylic oxidation sites excluding steroid dienone is 2. The topological polar surface area (TPSA) is 60.2 Å². The lowest BCUT2D eigenvalue weighted by atomic mass is 9.95. The predicted molar refractivity (Wildman–Crippen MR) is 102 cm³/mol. The number of rotatable bonds is 8. The van der Waals surface area contributed by atoms with Gasteiger partial charge in [-0.05, 0) is 24.3 Å². The van der Waals surface area contributed by atoms with Crippen LogP contribution in [0.25, 0.3) is 0 Å². The minimum absolute atomic E-state index is 0.0542. The number of non-ortho nitro benzene ring substituents is 1. The lowest BCUT2D eigenvalue weighted by molar-refractivity contribution is -0.384. The van der Waals surface area contributed by atoms with E-state index in [4.69, 9.17) is 0 Å².